The van der Waals surface area contributed by atoms with Crippen LogP contribution in [0, 0.1) is 5.92 Å². The minimum atomic E-state index is -2.59. The minimum Gasteiger partial charge on any atom is -0.477 e. The summed E-state index contributed by atoms with van der Waals surface area (Å²) in [5, 5.41) is 158. The highest BCUT2D eigenvalue weighted by atomic mass is 32.2. The Kier molecular flexibility index (Phi) is 18.6. The van der Waals surface area contributed by atoms with E-state index in [0.717, 1.165) is 0 Å². The highest BCUT2D eigenvalue weighted by Gasteiger charge is 2.59. The van der Waals surface area contributed by atoms with Crippen molar-refractivity contribution in [2.45, 2.75) is 142 Å². The van der Waals surface area contributed by atoms with Crippen molar-refractivity contribution in [3.05, 3.63) is 0 Å². The maximum Gasteiger partial charge on any atom is 0.364 e. The third-order valence-electron chi connectivity index (χ3n) is 10.4. The highest BCUT2D eigenvalue weighted by molar-refractivity contribution is 7.99. The number of aliphatic hydroxyl groups is 14. The Morgan fingerprint density at radius 3 is 1.83 bits per heavy atom. The van der Waals surface area contributed by atoms with Crippen molar-refractivity contribution in [1.29, 1.82) is 0 Å². The molecule has 7 unspecified atom stereocenters. The molecule has 0 bridgehead atoms. The molecule has 0 aliphatic carbocycles. The predicted molar refractivity (Wildman–Crippen MR) is 185 cm³/mol. The second-order valence-electron chi connectivity index (χ2n) is 14.4. The van der Waals surface area contributed by atoms with Gasteiger partial charge in [-0.3, -0.25) is 0 Å². The number of hydrogen-bond acceptors (Lipinski definition) is 25. The smallest absolute Gasteiger partial charge is 0.364 e. The van der Waals surface area contributed by atoms with Crippen molar-refractivity contribution in [1.82, 2.24) is 0 Å². The number of hydrogen-bond donors (Lipinski definition) is 16. The molecule has 4 aliphatic heterocycles. The highest BCUT2D eigenvalue weighted by Crippen LogP contribution is 2.39. The number of carboxylic acids is 1. The fourth-order valence-corrected chi connectivity index (χ4v) is 7.46. The summed E-state index contributed by atoms with van der Waals surface area (Å²) < 4.78 is 45.5. The van der Waals surface area contributed by atoms with Crippen molar-refractivity contribution in [2.24, 2.45) is 11.7 Å². The van der Waals surface area contributed by atoms with Gasteiger partial charge in [-0.05, 0) is 0 Å². The Labute approximate surface area is 334 Å². The normalized spacial score (nSPS) is 45.4. The number of ether oxygens (including phenoxy) is 8. The molecule has 4 rings (SSSR count). The number of rotatable bonds is 19. The third kappa shape index (κ3) is 10.7. The standard InChI is InChI=1S/C32H57NO24S/c1-10-16(42)17(43)15(8-37)51-28(10)56-27-19(45)18(44)22(12(39)5-34)53-30(27)55-26-20(46)23(13(40)6-35)52-29(21(26)47)54-24-11(38)4-32(31(48)49,50-2-3-58-9-33)57-25(24)14(41)7-36/h10-30,34-47H,2-9,33H2,1H3,(H,48,49)/t10-,11-,12+,13+,14-,15?,16?,17-,18+,19?,20-,21?,22+,23?,24-,25?,26+,27?,28-,29-,30-,32-/m1/s1. The first-order chi connectivity index (χ1) is 27.4. The maximum atomic E-state index is 12.4. The average Bonchev–Trinajstić information content (AvgIpc) is 3.21. The number of carbonyl (C=O) groups is 1. The number of aliphatic carboxylic acids is 1. The zero-order valence-electron chi connectivity index (χ0n) is 31.1. The largest absolute Gasteiger partial charge is 0.477 e. The Hall–Kier alpha value is -1.10. The summed E-state index contributed by atoms with van der Waals surface area (Å²) in [4.78, 5) is 12.4. The monoisotopic (exact) mass is 871 g/mol. The molecular formula is C32H57NO24S. The Morgan fingerprint density at radius 2 is 1.26 bits per heavy atom. The van der Waals surface area contributed by atoms with Gasteiger partial charge in [0.25, 0.3) is 5.79 Å². The fraction of sp³-hybridized carbons (Fsp3) is 0.969. The van der Waals surface area contributed by atoms with Crippen LogP contribution in [-0.4, -0.2) is 256 Å². The Balaban J connectivity index is 1.67. The molecule has 26 heteroatoms. The summed E-state index contributed by atoms with van der Waals surface area (Å²) in [6.45, 7) is -2.85. The van der Waals surface area contributed by atoms with Gasteiger partial charge < -0.3 is 120 Å². The van der Waals surface area contributed by atoms with Gasteiger partial charge in [0.2, 0.25) is 0 Å². The van der Waals surface area contributed by atoms with Gasteiger partial charge in [-0.25, -0.2) is 4.79 Å². The first-order valence-electron chi connectivity index (χ1n) is 18.4. The van der Waals surface area contributed by atoms with Crippen LogP contribution >= 0.6 is 11.8 Å². The summed E-state index contributed by atoms with van der Waals surface area (Å²) in [5.74, 6) is -5.02. The maximum absolute atomic E-state index is 12.4. The summed E-state index contributed by atoms with van der Waals surface area (Å²) in [6, 6.07) is 0. The van der Waals surface area contributed by atoms with E-state index in [-0.39, 0.29) is 18.2 Å². The van der Waals surface area contributed by atoms with E-state index < -0.39 is 173 Å². The van der Waals surface area contributed by atoms with Crippen LogP contribution in [0.25, 0.3) is 0 Å². The van der Waals surface area contributed by atoms with Crippen LogP contribution < -0.4 is 5.73 Å². The molecule has 4 fully saturated rings. The molecule has 0 aromatic heterocycles. The van der Waals surface area contributed by atoms with Gasteiger partial charge in [-0.2, -0.15) is 0 Å². The summed E-state index contributed by atoms with van der Waals surface area (Å²) in [5.41, 5.74) is 5.45. The van der Waals surface area contributed by atoms with Crippen molar-refractivity contribution >= 4 is 17.7 Å². The molecule has 0 amide bonds. The van der Waals surface area contributed by atoms with Gasteiger partial charge in [0.1, 0.15) is 91.6 Å². The number of aliphatic hydroxyl groups excluding tert-OH is 14. The number of thioether (sulfide) groups is 1. The van der Waals surface area contributed by atoms with Crippen molar-refractivity contribution in [3.63, 3.8) is 0 Å². The van der Waals surface area contributed by atoms with Crippen LogP contribution in [0.1, 0.15) is 13.3 Å². The molecule has 58 heavy (non-hydrogen) atoms. The lowest BCUT2D eigenvalue weighted by atomic mass is 9.91. The van der Waals surface area contributed by atoms with Crippen LogP contribution in [0.2, 0.25) is 0 Å². The van der Waals surface area contributed by atoms with E-state index in [4.69, 9.17) is 43.6 Å². The molecule has 4 aliphatic rings. The molecule has 0 aromatic rings. The first kappa shape index (κ1) is 49.6. The molecular weight excluding hydrogens is 814 g/mol. The molecule has 4 saturated heterocycles. The second-order valence-corrected chi connectivity index (χ2v) is 15.5. The van der Waals surface area contributed by atoms with Crippen molar-refractivity contribution in [2.75, 3.05) is 44.7 Å². The van der Waals surface area contributed by atoms with E-state index in [1.807, 2.05) is 0 Å². The average molecular weight is 872 g/mol. The van der Waals surface area contributed by atoms with Gasteiger partial charge in [-0.15, -0.1) is 11.8 Å². The summed E-state index contributed by atoms with van der Waals surface area (Å²) in [6.07, 6.45) is -39.0. The van der Waals surface area contributed by atoms with Gasteiger partial charge in [-0.1, -0.05) is 6.92 Å². The lowest BCUT2D eigenvalue weighted by Crippen LogP contribution is -2.69. The molecule has 0 aromatic carbocycles. The van der Waals surface area contributed by atoms with Crippen LogP contribution in [0.5, 0.6) is 0 Å². The molecule has 17 N–H and O–H groups in total. The van der Waals surface area contributed by atoms with Crippen LogP contribution in [0.3, 0.4) is 0 Å². The Morgan fingerprint density at radius 1 is 0.707 bits per heavy atom. The molecule has 25 nitrogen and oxygen atoms in total. The second kappa shape index (κ2) is 21.8. The quantitative estimate of drug-likeness (QED) is 0.0423. The van der Waals surface area contributed by atoms with E-state index in [1.54, 1.807) is 0 Å². The lowest BCUT2D eigenvalue weighted by molar-refractivity contribution is -0.400. The predicted octanol–water partition coefficient (Wildman–Crippen LogP) is -9.23. The van der Waals surface area contributed by atoms with Crippen LogP contribution in [-0.2, 0) is 42.7 Å². The van der Waals surface area contributed by atoms with Crippen LogP contribution in [0.4, 0.5) is 0 Å². The molecule has 0 radical (unpaired) electrons. The molecule has 0 spiro atoms. The lowest BCUT2D eigenvalue weighted by Gasteiger charge is -2.51. The van der Waals surface area contributed by atoms with E-state index in [0.29, 0.717) is 0 Å². The van der Waals surface area contributed by atoms with Gasteiger partial charge >= 0.3 is 5.97 Å². The zero-order valence-corrected chi connectivity index (χ0v) is 32.0. The number of carboxylic acid groups (broad SMARTS) is 1. The van der Waals surface area contributed by atoms with Gasteiger partial charge in [0.15, 0.2) is 18.9 Å². The van der Waals surface area contributed by atoms with E-state index in [9.17, 15) is 81.4 Å². The summed E-state index contributed by atoms with van der Waals surface area (Å²) >= 11 is 1.18. The van der Waals surface area contributed by atoms with Crippen molar-refractivity contribution in [3.8, 4) is 0 Å². The van der Waals surface area contributed by atoms with Crippen LogP contribution in [0.15, 0.2) is 0 Å². The van der Waals surface area contributed by atoms with E-state index in [2.05, 4.69) is 0 Å². The van der Waals surface area contributed by atoms with E-state index in [1.165, 1.54) is 18.7 Å². The fourth-order valence-electron chi connectivity index (χ4n) is 7.09. The zero-order chi connectivity index (χ0) is 43.2. The van der Waals surface area contributed by atoms with Gasteiger partial charge in [0, 0.05) is 24.0 Å². The SMILES string of the molecule is C[C@@H]1C(O)[C@H](O)C(CO)O[C@@H]1OC1C(O)[C@H](O)[C@H]([C@@H](O)CO)O[C@@H]1O[C@@H]1C(O)[C@@H](O[C@H]2C([C@H](O)CO)O[C@@](OCCSCN)(C(=O)O)C[C@H]2O)OC([C@@H](O)CO)[C@H]1O. The summed E-state index contributed by atoms with van der Waals surface area (Å²) in [7, 11) is 0. The number of nitrogens with two attached hydrogens (primary N) is 1. The third-order valence-corrected chi connectivity index (χ3v) is 11.1. The van der Waals surface area contributed by atoms with Gasteiger partial charge in [0.05, 0.1) is 45.2 Å². The molecule has 4 heterocycles. The first-order valence-corrected chi connectivity index (χ1v) is 19.6. The van der Waals surface area contributed by atoms with E-state index >= 15 is 0 Å². The van der Waals surface area contributed by atoms with Crippen molar-refractivity contribution < 1.29 is 119 Å². The molecule has 22 atom stereocenters. The molecule has 340 valence electrons. The topological polar surface area (TPSA) is 420 Å². The minimum absolute atomic E-state index is 0.173. The Bertz CT molecular complexity index is 1260. The molecule has 0 saturated carbocycles.